The highest BCUT2D eigenvalue weighted by Gasteiger charge is 2.08. The van der Waals surface area contributed by atoms with E-state index in [1.54, 1.807) is 0 Å². The Hall–Kier alpha value is -0.860. The van der Waals surface area contributed by atoms with Crippen LogP contribution >= 0.6 is 0 Å². The normalized spacial score (nSPS) is 12.7. The average Bonchev–Trinajstić information content (AvgIpc) is 2.32. The van der Waals surface area contributed by atoms with Crippen LogP contribution in [0.5, 0.6) is 0 Å². The Morgan fingerprint density at radius 2 is 1.94 bits per heavy atom. The maximum atomic E-state index is 8.70. The van der Waals surface area contributed by atoms with Crippen LogP contribution in [-0.2, 0) is 0 Å². The molecule has 1 rings (SSSR count). The first-order chi connectivity index (χ1) is 8.16. The van der Waals surface area contributed by atoms with E-state index in [9.17, 15) is 0 Å². The summed E-state index contributed by atoms with van der Waals surface area (Å²) in [4.78, 5) is 0. The predicted octanol–water partition coefficient (Wildman–Crippen LogP) is 3.12. The standard InChI is InChI=1S/C15H25NO/c1-12-8-7-9-15(13(12)2)14(3)16-10-5-4-6-11-17/h7-9,14,16-17H,4-6,10-11H2,1-3H3. The Morgan fingerprint density at radius 1 is 1.18 bits per heavy atom. The van der Waals surface area contributed by atoms with Crippen molar-refractivity contribution in [2.75, 3.05) is 13.2 Å². The molecule has 0 aliphatic carbocycles. The van der Waals surface area contributed by atoms with Gasteiger partial charge >= 0.3 is 0 Å². The van der Waals surface area contributed by atoms with Gasteiger partial charge in [-0.05, 0) is 63.3 Å². The number of hydrogen-bond acceptors (Lipinski definition) is 2. The number of aryl methyl sites for hydroxylation is 1. The van der Waals surface area contributed by atoms with Crippen molar-refractivity contribution < 1.29 is 5.11 Å². The van der Waals surface area contributed by atoms with Gasteiger partial charge in [-0.1, -0.05) is 18.2 Å². The molecule has 0 bridgehead atoms. The summed E-state index contributed by atoms with van der Waals surface area (Å²) in [7, 11) is 0. The molecule has 1 aromatic rings. The van der Waals surface area contributed by atoms with Crippen LogP contribution in [0.4, 0.5) is 0 Å². The minimum Gasteiger partial charge on any atom is -0.396 e. The minimum absolute atomic E-state index is 0.312. The van der Waals surface area contributed by atoms with E-state index in [4.69, 9.17) is 5.11 Å². The van der Waals surface area contributed by atoms with Gasteiger partial charge in [0, 0.05) is 12.6 Å². The zero-order valence-electron chi connectivity index (χ0n) is 11.3. The van der Waals surface area contributed by atoms with Gasteiger partial charge < -0.3 is 10.4 Å². The second-order valence-corrected chi connectivity index (χ2v) is 4.75. The number of hydrogen-bond donors (Lipinski definition) is 2. The smallest absolute Gasteiger partial charge is 0.0431 e. The van der Waals surface area contributed by atoms with Gasteiger partial charge in [0.15, 0.2) is 0 Å². The van der Waals surface area contributed by atoms with Crippen molar-refractivity contribution in [2.45, 2.75) is 46.1 Å². The molecule has 17 heavy (non-hydrogen) atoms. The molecule has 1 aromatic carbocycles. The molecule has 0 radical (unpaired) electrons. The summed E-state index contributed by atoms with van der Waals surface area (Å²) in [6, 6.07) is 6.89. The summed E-state index contributed by atoms with van der Waals surface area (Å²) in [6.07, 6.45) is 3.15. The summed E-state index contributed by atoms with van der Waals surface area (Å²) < 4.78 is 0. The molecule has 2 N–H and O–H groups in total. The van der Waals surface area contributed by atoms with Crippen molar-refractivity contribution in [3.05, 3.63) is 34.9 Å². The third kappa shape index (κ3) is 4.49. The first-order valence-corrected chi connectivity index (χ1v) is 6.57. The maximum Gasteiger partial charge on any atom is 0.0431 e. The van der Waals surface area contributed by atoms with Gasteiger partial charge in [-0.2, -0.15) is 0 Å². The van der Waals surface area contributed by atoms with E-state index in [-0.39, 0.29) is 0 Å². The fourth-order valence-electron chi connectivity index (χ4n) is 2.08. The van der Waals surface area contributed by atoms with Gasteiger partial charge in [0.25, 0.3) is 0 Å². The number of nitrogens with one attached hydrogen (secondary N) is 1. The molecule has 1 unspecified atom stereocenters. The fourth-order valence-corrected chi connectivity index (χ4v) is 2.08. The summed E-state index contributed by atoms with van der Waals surface area (Å²) in [6.45, 7) is 7.90. The largest absolute Gasteiger partial charge is 0.396 e. The zero-order valence-corrected chi connectivity index (χ0v) is 11.3. The van der Waals surface area contributed by atoms with Crippen molar-refractivity contribution in [1.29, 1.82) is 0 Å². The van der Waals surface area contributed by atoms with Crippen molar-refractivity contribution in [3.8, 4) is 0 Å². The van der Waals surface area contributed by atoms with Crippen LogP contribution in [0.2, 0.25) is 0 Å². The van der Waals surface area contributed by atoms with E-state index >= 15 is 0 Å². The summed E-state index contributed by atoms with van der Waals surface area (Å²) in [5.74, 6) is 0. The van der Waals surface area contributed by atoms with Crippen LogP contribution in [0.15, 0.2) is 18.2 Å². The van der Waals surface area contributed by atoms with Crippen molar-refractivity contribution >= 4 is 0 Å². The lowest BCUT2D eigenvalue weighted by molar-refractivity contribution is 0.282. The summed E-state index contributed by atoms with van der Waals surface area (Å²) in [5, 5.41) is 12.2. The first-order valence-electron chi connectivity index (χ1n) is 6.57. The second kappa shape index (κ2) is 7.46. The molecule has 0 saturated heterocycles. The number of benzene rings is 1. The van der Waals surface area contributed by atoms with Crippen molar-refractivity contribution in [2.24, 2.45) is 0 Å². The van der Waals surface area contributed by atoms with E-state index in [0.29, 0.717) is 12.6 Å². The Morgan fingerprint density at radius 3 is 2.65 bits per heavy atom. The minimum atomic E-state index is 0.312. The summed E-state index contributed by atoms with van der Waals surface area (Å²) in [5.41, 5.74) is 4.14. The molecule has 0 aliphatic heterocycles. The van der Waals surface area contributed by atoms with E-state index in [2.05, 4.69) is 44.3 Å². The molecule has 0 heterocycles. The number of aliphatic hydroxyl groups is 1. The molecule has 1 atom stereocenters. The van der Waals surface area contributed by atoms with E-state index < -0.39 is 0 Å². The van der Waals surface area contributed by atoms with Crippen LogP contribution in [-0.4, -0.2) is 18.3 Å². The molecule has 2 nitrogen and oxygen atoms in total. The number of rotatable bonds is 7. The molecular formula is C15H25NO. The number of unbranched alkanes of at least 4 members (excludes halogenated alkanes) is 2. The zero-order chi connectivity index (χ0) is 12.7. The van der Waals surface area contributed by atoms with Crippen LogP contribution in [0.1, 0.15) is 48.9 Å². The Balaban J connectivity index is 2.41. The van der Waals surface area contributed by atoms with Crippen molar-refractivity contribution in [1.82, 2.24) is 5.32 Å². The first kappa shape index (κ1) is 14.2. The van der Waals surface area contributed by atoms with E-state index in [0.717, 1.165) is 25.8 Å². The fraction of sp³-hybridized carbons (Fsp3) is 0.600. The quantitative estimate of drug-likeness (QED) is 0.712. The van der Waals surface area contributed by atoms with Crippen LogP contribution in [0.25, 0.3) is 0 Å². The highest BCUT2D eigenvalue weighted by atomic mass is 16.2. The van der Waals surface area contributed by atoms with Crippen LogP contribution in [0.3, 0.4) is 0 Å². The molecule has 0 amide bonds. The van der Waals surface area contributed by atoms with Crippen molar-refractivity contribution in [3.63, 3.8) is 0 Å². The van der Waals surface area contributed by atoms with Gasteiger partial charge in [0.2, 0.25) is 0 Å². The molecule has 0 fully saturated rings. The number of aliphatic hydroxyl groups excluding tert-OH is 1. The molecular weight excluding hydrogens is 210 g/mol. The lowest BCUT2D eigenvalue weighted by Gasteiger charge is -2.17. The third-order valence-electron chi connectivity index (χ3n) is 3.40. The van der Waals surface area contributed by atoms with Crippen LogP contribution < -0.4 is 5.32 Å². The van der Waals surface area contributed by atoms with Gasteiger partial charge in [-0.25, -0.2) is 0 Å². The molecule has 0 aromatic heterocycles. The second-order valence-electron chi connectivity index (χ2n) is 4.75. The molecule has 96 valence electrons. The highest BCUT2D eigenvalue weighted by Crippen LogP contribution is 2.19. The molecule has 2 heteroatoms. The van der Waals surface area contributed by atoms with E-state index in [1.807, 2.05) is 0 Å². The summed E-state index contributed by atoms with van der Waals surface area (Å²) >= 11 is 0. The monoisotopic (exact) mass is 235 g/mol. The maximum absolute atomic E-state index is 8.70. The van der Waals surface area contributed by atoms with Gasteiger partial charge in [0.05, 0.1) is 0 Å². The Kier molecular flexibility index (Phi) is 6.23. The average molecular weight is 235 g/mol. The van der Waals surface area contributed by atoms with Gasteiger partial charge in [-0.15, -0.1) is 0 Å². The molecule has 0 spiro atoms. The topological polar surface area (TPSA) is 32.3 Å². The van der Waals surface area contributed by atoms with Gasteiger partial charge in [0.1, 0.15) is 0 Å². The SMILES string of the molecule is Cc1cccc(C(C)NCCCCCO)c1C. The van der Waals surface area contributed by atoms with E-state index in [1.165, 1.54) is 16.7 Å². The third-order valence-corrected chi connectivity index (χ3v) is 3.40. The van der Waals surface area contributed by atoms with Gasteiger partial charge in [-0.3, -0.25) is 0 Å². The Labute approximate surface area is 105 Å². The lowest BCUT2D eigenvalue weighted by Crippen LogP contribution is -2.20. The van der Waals surface area contributed by atoms with Crippen LogP contribution in [0, 0.1) is 13.8 Å². The lowest BCUT2D eigenvalue weighted by atomic mass is 9.98. The highest BCUT2D eigenvalue weighted by molar-refractivity contribution is 5.34. The molecule has 0 aliphatic rings. The Bertz CT molecular complexity index is 336. The predicted molar refractivity (Wildman–Crippen MR) is 73.3 cm³/mol. The molecule has 0 saturated carbocycles.